The molecule has 0 spiro atoms. The highest BCUT2D eigenvalue weighted by Crippen LogP contribution is 2.28. The largest absolute Gasteiger partial charge is 0.204 e. The lowest BCUT2D eigenvalue weighted by molar-refractivity contribution is 0.637. The van der Waals surface area contributed by atoms with Crippen molar-refractivity contribution in [1.82, 2.24) is 0 Å². The number of nitrogens with zero attached hydrogens (tertiary/aromatic N) is 1. The van der Waals surface area contributed by atoms with Gasteiger partial charge in [-0.05, 0) is 35.4 Å². The van der Waals surface area contributed by atoms with Crippen LogP contribution in [0.1, 0.15) is 11.1 Å². The van der Waals surface area contributed by atoms with Crippen molar-refractivity contribution in [1.29, 1.82) is 5.26 Å². The van der Waals surface area contributed by atoms with Crippen molar-refractivity contribution in [3.8, 4) is 6.07 Å². The first kappa shape index (κ1) is 8.21. The Bertz CT molecular complexity index is 507. The molecule has 3 heteroatoms. The Morgan fingerprint density at radius 3 is 3.00 bits per heavy atom. The SMILES string of the molecule is Cc1cc(C#N)c(F)c2sccc12. The highest BCUT2D eigenvalue weighted by atomic mass is 32.1. The molecule has 0 aliphatic heterocycles. The van der Waals surface area contributed by atoms with Crippen LogP contribution in [0.3, 0.4) is 0 Å². The number of nitriles is 1. The van der Waals surface area contributed by atoms with Crippen molar-refractivity contribution in [2.45, 2.75) is 6.92 Å². The first-order valence-corrected chi connectivity index (χ1v) is 4.68. The van der Waals surface area contributed by atoms with Crippen LogP contribution >= 0.6 is 11.3 Å². The van der Waals surface area contributed by atoms with E-state index >= 15 is 0 Å². The molecule has 0 fully saturated rings. The number of rotatable bonds is 0. The summed E-state index contributed by atoms with van der Waals surface area (Å²) in [7, 11) is 0. The van der Waals surface area contributed by atoms with Gasteiger partial charge in [-0.1, -0.05) is 0 Å². The lowest BCUT2D eigenvalue weighted by Gasteiger charge is -1.99. The number of aryl methyl sites for hydroxylation is 1. The van der Waals surface area contributed by atoms with E-state index in [9.17, 15) is 4.39 Å². The number of hydrogen-bond acceptors (Lipinski definition) is 2. The Labute approximate surface area is 79.0 Å². The third kappa shape index (κ3) is 1.11. The lowest BCUT2D eigenvalue weighted by atomic mass is 10.1. The molecule has 0 saturated heterocycles. The van der Waals surface area contributed by atoms with Crippen LogP contribution < -0.4 is 0 Å². The Morgan fingerprint density at radius 2 is 2.31 bits per heavy atom. The van der Waals surface area contributed by atoms with Gasteiger partial charge in [-0.25, -0.2) is 4.39 Å². The minimum absolute atomic E-state index is 0.132. The molecule has 2 rings (SSSR count). The highest BCUT2D eigenvalue weighted by Gasteiger charge is 2.10. The van der Waals surface area contributed by atoms with E-state index in [1.807, 2.05) is 24.4 Å². The second-order valence-corrected chi connectivity index (χ2v) is 3.75. The monoisotopic (exact) mass is 191 g/mol. The Morgan fingerprint density at radius 1 is 1.54 bits per heavy atom. The van der Waals surface area contributed by atoms with E-state index in [2.05, 4.69) is 0 Å². The summed E-state index contributed by atoms with van der Waals surface area (Å²) < 4.78 is 14.1. The van der Waals surface area contributed by atoms with Crippen LogP contribution in [0, 0.1) is 24.1 Å². The Hall–Kier alpha value is -1.40. The summed E-state index contributed by atoms with van der Waals surface area (Å²) in [6.07, 6.45) is 0. The number of fused-ring (bicyclic) bond motifs is 1. The molecular formula is C10H6FNS. The fourth-order valence-corrected chi connectivity index (χ4v) is 2.26. The zero-order valence-electron chi connectivity index (χ0n) is 6.97. The fraction of sp³-hybridized carbons (Fsp3) is 0.100. The van der Waals surface area contributed by atoms with Gasteiger partial charge in [0.25, 0.3) is 0 Å². The van der Waals surface area contributed by atoms with Crippen LogP contribution in [0.2, 0.25) is 0 Å². The van der Waals surface area contributed by atoms with Gasteiger partial charge in [0.15, 0.2) is 5.82 Å². The second kappa shape index (κ2) is 2.82. The molecule has 0 radical (unpaired) electrons. The molecule has 0 unspecified atom stereocenters. The van der Waals surface area contributed by atoms with Gasteiger partial charge < -0.3 is 0 Å². The molecule has 0 bridgehead atoms. The predicted molar refractivity (Wildman–Crippen MR) is 51.2 cm³/mol. The number of halogens is 1. The zero-order valence-corrected chi connectivity index (χ0v) is 7.78. The first-order chi connectivity index (χ1) is 6.24. The minimum atomic E-state index is -0.391. The van der Waals surface area contributed by atoms with Gasteiger partial charge in [0.05, 0.1) is 10.3 Å². The molecule has 2 aromatic rings. The summed E-state index contributed by atoms with van der Waals surface area (Å²) in [6.45, 7) is 1.88. The quantitative estimate of drug-likeness (QED) is 0.627. The van der Waals surface area contributed by atoms with E-state index in [1.165, 1.54) is 11.3 Å². The summed E-state index contributed by atoms with van der Waals surface area (Å²) in [5, 5.41) is 11.4. The molecule has 0 aliphatic carbocycles. The van der Waals surface area contributed by atoms with Crippen LogP contribution in [0.4, 0.5) is 4.39 Å². The maximum absolute atomic E-state index is 13.5. The highest BCUT2D eigenvalue weighted by molar-refractivity contribution is 7.17. The average Bonchev–Trinajstić information content (AvgIpc) is 2.60. The molecule has 0 amide bonds. The minimum Gasteiger partial charge on any atom is -0.204 e. The molecule has 1 nitrogen and oxygen atoms in total. The van der Waals surface area contributed by atoms with Gasteiger partial charge in [0.1, 0.15) is 6.07 Å². The van der Waals surface area contributed by atoms with Crippen molar-refractivity contribution in [3.05, 3.63) is 34.5 Å². The van der Waals surface area contributed by atoms with E-state index in [1.54, 1.807) is 6.07 Å². The smallest absolute Gasteiger partial charge is 0.158 e. The van der Waals surface area contributed by atoms with E-state index in [-0.39, 0.29) is 5.56 Å². The van der Waals surface area contributed by atoms with Crippen molar-refractivity contribution < 1.29 is 4.39 Å². The van der Waals surface area contributed by atoms with Crippen molar-refractivity contribution in [2.75, 3.05) is 0 Å². The third-order valence-electron chi connectivity index (χ3n) is 2.01. The molecule has 1 aromatic heterocycles. The van der Waals surface area contributed by atoms with Crippen molar-refractivity contribution in [3.63, 3.8) is 0 Å². The Balaban J connectivity index is 2.95. The van der Waals surface area contributed by atoms with Crippen LogP contribution in [0.15, 0.2) is 17.5 Å². The molecule has 13 heavy (non-hydrogen) atoms. The molecule has 1 heterocycles. The normalized spacial score (nSPS) is 10.2. The first-order valence-electron chi connectivity index (χ1n) is 3.80. The van der Waals surface area contributed by atoms with Gasteiger partial charge in [-0.2, -0.15) is 5.26 Å². The fourth-order valence-electron chi connectivity index (χ4n) is 1.35. The molecular weight excluding hydrogens is 185 g/mol. The second-order valence-electron chi connectivity index (χ2n) is 2.83. The molecule has 0 N–H and O–H groups in total. The Kier molecular flexibility index (Phi) is 1.78. The van der Waals surface area contributed by atoms with E-state index in [4.69, 9.17) is 5.26 Å². The van der Waals surface area contributed by atoms with Crippen LogP contribution in [-0.2, 0) is 0 Å². The number of benzene rings is 1. The topological polar surface area (TPSA) is 23.8 Å². The average molecular weight is 191 g/mol. The maximum Gasteiger partial charge on any atom is 0.158 e. The predicted octanol–water partition coefficient (Wildman–Crippen LogP) is 3.22. The van der Waals surface area contributed by atoms with Crippen LogP contribution in [0.5, 0.6) is 0 Å². The van der Waals surface area contributed by atoms with Crippen molar-refractivity contribution >= 4 is 21.4 Å². The summed E-state index contributed by atoms with van der Waals surface area (Å²) in [5.41, 5.74) is 1.08. The standard InChI is InChI=1S/C10H6FNS/c1-6-4-7(5-12)9(11)10-8(6)2-3-13-10/h2-4H,1H3. The van der Waals surface area contributed by atoms with Gasteiger partial charge >= 0.3 is 0 Å². The van der Waals surface area contributed by atoms with Gasteiger partial charge in [0.2, 0.25) is 0 Å². The van der Waals surface area contributed by atoms with E-state index < -0.39 is 5.82 Å². The molecule has 0 saturated carbocycles. The van der Waals surface area contributed by atoms with Gasteiger partial charge in [0, 0.05) is 0 Å². The summed E-state index contributed by atoms with van der Waals surface area (Å²) >= 11 is 1.33. The summed E-state index contributed by atoms with van der Waals surface area (Å²) in [5.74, 6) is -0.391. The van der Waals surface area contributed by atoms with E-state index in [0.717, 1.165) is 10.9 Å². The summed E-state index contributed by atoms with van der Waals surface area (Å²) in [6, 6.07) is 5.31. The third-order valence-corrected chi connectivity index (χ3v) is 2.91. The maximum atomic E-state index is 13.5. The zero-order chi connectivity index (χ0) is 9.42. The number of thiophene rings is 1. The molecule has 0 aliphatic rings. The van der Waals surface area contributed by atoms with Crippen LogP contribution in [-0.4, -0.2) is 0 Å². The van der Waals surface area contributed by atoms with Gasteiger partial charge in [-0.3, -0.25) is 0 Å². The molecule has 64 valence electrons. The van der Waals surface area contributed by atoms with Gasteiger partial charge in [-0.15, -0.1) is 11.3 Å². The summed E-state index contributed by atoms with van der Waals surface area (Å²) in [4.78, 5) is 0. The molecule has 0 atom stereocenters. The lowest BCUT2D eigenvalue weighted by Crippen LogP contribution is -1.85. The van der Waals surface area contributed by atoms with Crippen molar-refractivity contribution in [2.24, 2.45) is 0 Å². The number of hydrogen-bond donors (Lipinski definition) is 0. The van der Waals surface area contributed by atoms with Crippen LogP contribution in [0.25, 0.3) is 10.1 Å². The molecule has 1 aromatic carbocycles. The van der Waals surface area contributed by atoms with E-state index in [0.29, 0.717) is 4.70 Å².